The number of unbranched alkanes of at least 4 members (excludes halogenated alkanes) is 1. The van der Waals surface area contributed by atoms with Gasteiger partial charge in [-0.1, -0.05) is 25.5 Å². The smallest absolute Gasteiger partial charge is 0.249 e. The summed E-state index contributed by atoms with van der Waals surface area (Å²) >= 11 is 0. The molecule has 1 aromatic heterocycles. The molecule has 0 fully saturated rings. The van der Waals surface area contributed by atoms with E-state index in [-0.39, 0.29) is 12.0 Å². The molecule has 1 N–H and O–H groups in total. The summed E-state index contributed by atoms with van der Waals surface area (Å²) in [5.74, 6) is 2.15. The van der Waals surface area contributed by atoms with Crippen molar-refractivity contribution in [2.45, 2.75) is 65.8 Å². The predicted octanol–water partition coefficient (Wildman–Crippen LogP) is 5.47. The van der Waals surface area contributed by atoms with Gasteiger partial charge in [0.15, 0.2) is 0 Å². The van der Waals surface area contributed by atoms with E-state index in [9.17, 15) is 4.79 Å². The number of fused-ring (bicyclic) bond motifs is 1. The Balaban J connectivity index is 1.70. The third-order valence-corrected chi connectivity index (χ3v) is 5.68. The van der Waals surface area contributed by atoms with E-state index >= 15 is 0 Å². The lowest BCUT2D eigenvalue weighted by Crippen LogP contribution is -2.38. The van der Waals surface area contributed by atoms with Gasteiger partial charge in [-0.15, -0.1) is 0 Å². The molecule has 0 saturated heterocycles. The molecule has 0 aliphatic carbocycles. The van der Waals surface area contributed by atoms with Crippen molar-refractivity contribution in [1.82, 2.24) is 10.3 Å². The Kier molecular flexibility index (Phi) is 10.4. The van der Waals surface area contributed by atoms with Gasteiger partial charge in [0.25, 0.3) is 0 Å². The van der Waals surface area contributed by atoms with Crippen LogP contribution in [-0.4, -0.2) is 43.4 Å². The minimum atomic E-state index is -0.505. The number of benzene rings is 2. The summed E-state index contributed by atoms with van der Waals surface area (Å²) in [6.07, 6.45) is 3.79. The Labute approximate surface area is 214 Å². The third-order valence-electron chi connectivity index (χ3n) is 5.68. The van der Waals surface area contributed by atoms with Crippen molar-refractivity contribution in [3.63, 3.8) is 0 Å². The Hall–Kier alpha value is -3.32. The van der Waals surface area contributed by atoms with Crippen LogP contribution in [0.3, 0.4) is 0 Å². The summed E-state index contributed by atoms with van der Waals surface area (Å²) < 4.78 is 23.3. The van der Waals surface area contributed by atoms with E-state index in [0.29, 0.717) is 26.2 Å². The highest BCUT2D eigenvalue weighted by molar-refractivity contribution is 5.87. The number of nitrogens with one attached hydrogen (secondary N) is 1. The summed E-state index contributed by atoms with van der Waals surface area (Å²) in [6.45, 7) is 9.46. The number of methoxy groups -OCH3 is 1. The van der Waals surface area contributed by atoms with Gasteiger partial charge in [-0.25, -0.2) is 0 Å². The number of amides is 1. The first-order chi connectivity index (χ1) is 17.4. The summed E-state index contributed by atoms with van der Waals surface area (Å²) in [7, 11) is 1.64. The van der Waals surface area contributed by atoms with Crippen LogP contribution in [0.2, 0.25) is 0 Å². The molecule has 0 spiro atoms. The highest BCUT2D eigenvalue weighted by atomic mass is 16.5. The van der Waals surface area contributed by atoms with Gasteiger partial charge in [-0.2, -0.15) is 0 Å². The molecule has 7 heteroatoms. The lowest BCUT2D eigenvalue weighted by atomic mass is 10.1. The third kappa shape index (κ3) is 7.59. The van der Waals surface area contributed by atoms with Crippen LogP contribution < -0.4 is 19.5 Å². The zero-order valence-corrected chi connectivity index (χ0v) is 22.0. The maximum absolute atomic E-state index is 12.5. The van der Waals surface area contributed by atoms with Crippen LogP contribution in [-0.2, 0) is 22.6 Å². The number of carbonyl (C=O) groups is 1. The van der Waals surface area contributed by atoms with Gasteiger partial charge in [0.2, 0.25) is 5.91 Å². The second-order valence-corrected chi connectivity index (χ2v) is 8.89. The molecule has 1 heterocycles. The van der Waals surface area contributed by atoms with Gasteiger partial charge in [0.1, 0.15) is 30.0 Å². The van der Waals surface area contributed by atoms with Crippen LogP contribution in [0.1, 0.15) is 51.7 Å². The minimum absolute atomic E-state index is 0.00251. The topological polar surface area (TPSA) is 78.9 Å². The first-order valence-corrected chi connectivity index (χ1v) is 12.7. The van der Waals surface area contributed by atoms with Crippen molar-refractivity contribution in [2.24, 2.45) is 0 Å². The fourth-order valence-electron chi connectivity index (χ4n) is 3.82. The number of pyridine rings is 1. The van der Waals surface area contributed by atoms with Gasteiger partial charge >= 0.3 is 0 Å². The summed E-state index contributed by atoms with van der Waals surface area (Å²) in [4.78, 5) is 17.1. The average molecular weight is 495 g/mol. The Morgan fingerprint density at radius 1 is 1.06 bits per heavy atom. The first kappa shape index (κ1) is 27.3. The van der Waals surface area contributed by atoms with Crippen molar-refractivity contribution in [3.05, 3.63) is 59.8 Å². The Bertz CT molecular complexity index is 1110. The van der Waals surface area contributed by atoms with Gasteiger partial charge in [-0.3, -0.25) is 9.78 Å². The molecule has 0 saturated carbocycles. The van der Waals surface area contributed by atoms with Crippen molar-refractivity contribution >= 4 is 16.8 Å². The van der Waals surface area contributed by atoms with Gasteiger partial charge in [0.05, 0.1) is 24.3 Å². The quantitative estimate of drug-likeness (QED) is 0.299. The van der Waals surface area contributed by atoms with Crippen molar-refractivity contribution < 1.29 is 23.7 Å². The molecule has 0 bridgehead atoms. The van der Waals surface area contributed by atoms with Crippen LogP contribution in [0.25, 0.3) is 10.9 Å². The number of ether oxygens (including phenoxy) is 4. The second kappa shape index (κ2) is 13.7. The van der Waals surface area contributed by atoms with Gasteiger partial charge in [-0.05, 0) is 63.1 Å². The minimum Gasteiger partial charge on any atom is -0.497 e. The standard InChI is InChI=1S/C29H38N2O5/c1-6-8-15-30-29(32)27(34-7-2)16-21-9-11-23(12-10-21)35-19-22-18-31-26-14-13-24(33-5)17-25(26)28(22)36-20(3)4/h9-14,17-18,20,27H,6-8,15-16,19H2,1-5H3,(H,30,32). The molecule has 3 rings (SSSR count). The molecule has 0 aliphatic heterocycles. The molecular formula is C29H38N2O5. The fraction of sp³-hybridized carbons (Fsp3) is 0.448. The molecule has 194 valence electrons. The molecule has 0 aliphatic rings. The highest BCUT2D eigenvalue weighted by Crippen LogP contribution is 2.33. The molecule has 2 aromatic carbocycles. The van der Waals surface area contributed by atoms with Crippen LogP contribution in [0, 0.1) is 0 Å². The molecule has 1 atom stereocenters. The van der Waals surface area contributed by atoms with E-state index in [1.54, 1.807) is 13.3 Å². The lowest BCUT2D eigenvalue weighted by Gasteiger charge is -2.18. The predicted molar refractivity (Wildman–Crippen MR) is 142 cm³/mol. The molecule has 1 amide bonds. The molecule has 3 aromatic rings. The zero-order chi connectivity index (χ0) is 25.9. The van der Waals surface area contributed by atoms with Crippen molar-refractivity contribution in [2.75, 3.05) is 20.3 Å². The largest absolute Gasteiger partial charge is 0.497 e. The average Bonchev–Trinajstić information content (AvgIpc) is 2.88. The number of rotatable bonds is 14. The van der Waals surface area contributed by atoms with E-state index < -0.39 is 6.10 Å². The Morgan fingerprint density at radius 2 is 1.81 bits per heavy atom. The number of nitrogens with zero attached hydrogens (tertiary/aromatic N) is 1. The molecule has 36 heavy (non-hydrogen) atoms. The second-order valence-electron chi connectivity index (χ2n) is 8.89. The van der Waals surface area contributed by atoms with Crippen molar-refractivity contribution in [3.8, 4) is 17.2 Å². The van der Waals surface area contributed by atoms with Crippen LogP contribution in [0.15, 0.2) is 48.7 Å². The summed E-state index contributed by atoms with van der Waals surface area (Å²) in [5.41, 5.74) is 2.70. The van der Waals surface area contributed by atoms with Gasteiger partial charge in [0, 0.05) is 31.2 Å². The van der Waals surface area contributed by atoms with E-state index in [0.717, 1.165) is 52.1 Å². The zero-order valence-electron chi connectivity index (χ0n) is 22.0. The summed E-state index contributed by atoms with van der Waals surface area (Å²) in [5, 5.41) is 3.85. The first-order valence-electron chi connectivity index (χ1n) is 12.7. The molecular weight excluding hydrogens is 456 g/mol. The molecule has 1 unspecified atom stereocenters. The number of hydrogen-bond acceptors (Lipinski definition) is 6. The highest BCUT2D eigenvalue weighted by Gasteiger charge is 2.19. The number of hydrogen-bond donors (Lipinski definition) is 1. The van der Waals surface area contributed by atoms with Crippen molar-refractivity contribution in [1.29, 1.82) is 0 Å². The van der Waals surface area contributed by atoms with Crippen LogP contribution in [0.4, 0.5) is 0 Å². The molecule has 0 radical (unpaired) electrons. The van der Waals surface area contributed by atoms with Gasteiger partial charge < -0.3 is 24.3 Å². The monoisotopic (exact) mass is 494 g/mol. The van der Waals surface area contributed by atoms with Crippen LogP contribution in [0.5, 0.6) is 17.2 Å². The Morgan fingerprint density at radius 3 is 2.47 bits per heavy atom. The van der Waals surface area contributed by atoms with Crippen LogP contribution >= 0.6 is 0 Å². The normalized spacial score (nSPS) is 11.9. The van der Waals surface area contributed by atoms with E-state index in [1.807, 2.05) is 63.2 Å². The SMILES string of the molecule is CCCCNC(=O)C(Cc1ccc(OCc2cnc3ccc(OC)cc3c2OC(C)C)cc1)OCC. The van der Waals surface area contributed by atoms with E-state index in [1.165, 1.54) is 0 Å². The van der Waals surface area contributed by atoms with E-state index in [2.05, 4.69) is 17.2 Å². The fourth-order valence-corrected chi connectivity index (χ4v) is 3.82. The summed E-state index contributed by atoms with van der Waals surface area (Å²) in [6, 6.07) is 13.5. The number of carbonyl (C=O) groups excluding carboxylic acids is 1. The number of aromatic nitrogens is 1. The molecule has 7 nitrogen and oxygen atoms in total. The maximum Gasteiger partial charge on any atom is 0.249 e. The van der Waals surface area contributed by atoms with E-state index in [4.69, 9.17) is 18.9 Å². The maximum atomic E-state index is 12.5. The lowest BCUT2D eigenvalue weighted by molar-refractivity contribution is -0.132.